The summed E-state index contributed by atoms with van der Waals surface area (Å²) in [5.74, 6) is 1.69. The Bertz CT molecular complexity index is 332. The highest BCUT2D eigenvalue weighted by Gasteiger charge is 2.24. The van der Waals surface area contributed by atoms with Crippen molar-refractivity contribution in [3.05, 3.63) is 18.0 Å². The van der Waals surface area contributed by atoms with E-state index in [-0.39, 0.29) is 0 Å². The van der Waals surface area contributed by atoms with E-state index in [1.54, 1.807) is 0 Å². The standard InChI is InChI=1S/C13H23N3/c1-10-4-5-11(2)13(6-10)14-7-12-8-15-16(3)9-12/h8-11,13-14H,4-7H2,1-3H3. The van der Waals surface area contributed by atoms with Crippen molar-refractivity contribution in [1.29, 1.82) is 0 Å². The number of hydrogen-bond acceptors (Lipinski definition) is 2. The first-order chi connectivity index (χ1) is 7.65. The molecule has 1 saturated carbocycles. The van der Waals surface area contributed by atoms with Crippen LogP contribution in [0.25, 0.3) is 0 Å². The van der Waals surface area contributed by atoms with Crippen molar-refractivity contribution in [3.8, 4) is 0 Å². The molecule has 0 spiro atoms. The summed E-state index contributed by atoms with van der Waals surface area (Å²) in [6, 6.07) is 0.684. The molecule has 0 aromatic carbocycles. The summed E-state index contributed by atoms with van der Waals surface area (Å²) in [5, 5.41) is 7.87. The average molecular weight is 221 g/mol. The second kappa shape index (κ2) is 5.00. The van der Waals surface area contributed by atoms with Crippen molar-refractivity contribution in [2.45, 2.75) is 45.7 Å². The fraction of sp³-hybridized carbons (Fsp3) is 0.769. The van der Waals surface area contributed by atoms with Crippen LogP contribution in [0.3, 0.4) is 0 Å². The summed E-state index contributed by atoms with van der Waals surface area (Å²) >= 11 is 0. The van der Waals surface area contributed by atoms with Gasteiger partial charge >= 0.3 is 0 Å². The lowest BCUT2D eigenvalue weighted by Crippen LogP contribution is -2.38. The molecule has 1 fully saturated rings. The Labute approximate surface area is 98.2 Å². The van der Waals surface area contributed by atoms with Crippen LogP contribution >= 0.6 is 0 Å². The van der Waals surface area contributed by atoms with Crippen molar-refractivity contribution in [2.24, 2.45) is 18.9 Å². The summed E-state index contributed by atoms with van der Waals surface area (Å²) in [4.78, 5) is 0. The van der Waals surface area contributed by atoms with E-state index in [0.29, 0.717) is 6.04 Å². The molecule has 1 aromatic rings. The van der Waals surface area contributed by atoms with Gasteiger partial charge in [0, 0.05) is 31.4 Å². The maximum Gasteiger partial charge on any atom is 0.0534 e. The van der Waals surface area contributed by atoms with Gasteiger partial charge in [-0.2, -0.15) is 5.10 Å². The van der Waals surface area contributed by atoms with Gasteiger partial charge in [-0.1, -0.05) is 20.3 Å². The van der Waals surface area contributed by atoms with Crippen molar-refractivity contribution in [2.75, 3.05) is 0 Å². The Balaban J connectivity index is 1.84. The van der Waals surface area contributed by atoms with E-state index < -0.39 is 0 Å². The molecule has 1 N–H and O–H groups in total. The van der Waals surface area contributed by atoms with Gasteiger partial charge in [0.1, 0.15) is 0 Å². The second-order valence-electron chi connectivity index (χ2n) is 5.41. The molecule has 1 aliphatic rings. The molecule has 1 heterocycles. The molecular weight excluding hydrogens is 198 g/mol. The number of nitrogens with zero attached hydrogens (tertiary/aromatic N) is 2. The van der Waals surface area contributed by atoms with Crippen LogP contribution < -0.4 is 5.32 Å². The molecule has 0 aliphatic heterocycles. The van der Waals surface area contributed by atoms with Crippen LogP contribution in [-0.4, -0.2) is 15.8 Å². The van der Waals surface area contributed by atoms with E-state index in [1.165, 1.54) is 24.8 Å². The Morgan fingerprint density at radius 3 is 2.94 bits per heavy atom. The SMILES string of the molecule is CC1CCC(C)C(NCc2cnn(C)c2)C1. The molecule has 3 atom stereocenters. The molecule has 3 nitrogen and oxygen atoms in total. The molecule has 2 rings (SSSR count). The first-order valence-corrected chi connectivity index (χ1v) is 6.36. The molecular formula is C13H23N3. The van der Waals surface area contributed by atoms with Gasteiger partial charge in [0.05, 0.1) is 6.20 Å². The highest BCUT2D eigenvalue weighted by molar-refractivity contribution is 5.03. The predicted molar refractivity (Wildman–Crippen MR) is 66.0 cm³/mol. The summed E-state index contributed by atoms with van der Waals surface area (Å²) in [7, 11) is 1.97. The van der Waals surface area contributed by atoms with E-state index in [0.717, 1.165) is 18.4 Å². The van der Waals surface area contributed by atoms with Gasteiger partial charge in [-0.15, -0.1) is 0 Å². The number of hydrogen-bond donors (Lipinski definition) is 1. The fourth-order valence-corrected chi connectivity index (χ4v) is 2.63. The summed E-state index contributed by atoms with van der Waals surface area (Å²) in [6.07, 6.45) is 8.12. The topological polar surface area (TPSA) is 29.9 Å². The minimum atomic E-state index is 0.684. The highest BCUT2D eigenvalue weighted by Crippen LogP contribution is 2.28. The lowest BCUT2D eigenvalue weighted by atomic mass is 9.80. The van der Waals surface area contributed by atoms with Crippen LogP contribution in [0.2, 0.25) is 0 Å². The normalized spacial score (nSPS) is 30.6. The summed E-state index contributed by atoms with van der Waals surface area (Å²) in [6.45, 7) is 5.69. The largest absolute Gasteiger partial charge is 0.310 e. The van der Waals surface area contributed by atoms with Crippen molar-refractivity contribution >= 4 is 0 Å². The van der Waals surface area contributed by atoms with Gasteiger partial charge < -0.3 is 5.32 Å². The van der Waals surface area contributed by atoms with Gasteiger partial charge in [0.2, 0.25) is 0 Å². The molecule has 3 unspecified atom stereocenters. The number of aromatic nitrogens is 2. The molecule has 1 aliphatic carbocycles. The molecule has 0 radical (unpaired) electrons. The van der Waals surface area contributed by atoms with Crippen LogP contribution in [0.15, 0.2) is 12.4 Å². The van der Waals surface area contributed by atoms with Gasteiger partial charge in [-0.3, -0.25) is 4.68 Å². The Hall–Kier alpha value is -0.830. The molecule has 0 saturated heterocycles. The zero-order valence-electron chi connectivity index (χ0n) is 10.6. The van der Waals surface area contributed by atoms with Crippen molar-refractivity contribution in [1.82, 2.24) is 15.1 Å². The third-order valence-electron chi connectivity index (χ3n) is 3.78. The second-order valence-corrected chi connectivity index (χ2v) is 5.41. The third-order valence-corrected chi connectivity index (χ3v) is 3.78. The average Bonchev–Trinajstić information content (AvgIpc) is 2.66. The third kappa shape index (κ3) is 2.85. The Morgan fingerprint density at radius 1 is 1.44 bits per heavy atom. The van der Waals surface area contributed by atoms with Crippen LogP contribution in [0.4, 0.5) is 0 Å². The van der Waals surface area contributed by atoms with Crippen LogP contribution in [0.5, 0.6) is 0 Å². The van der Waals surface area contributed by atoms with Crippen LogP contribution in [0.1, 0.15) is 38.7 Å². The number of aryl methyl sites for hydroxylation is 1. The zero-order valence-corrected chi connectivity index (χ0v) is 10.6. The lowest BCUT2D eigenvalue weighted by molar-refractivity contribution is 0.227. The number of nitrogens with one attached hydrogen (secondary N) is 1. The molecule has 16 heavy (non-hydrogen) atoms. The fourth-order valence-electron chi connectivity index (χ4n) is 2.63. The molecule has 90 valence electrons. The van der Waals surface area contributed by atoms with Gasteiger partial charge in [-0.05, 0) is 24.7 Å². The van der Waals surface area contributed by atoms with Gasteiger partial charge in [0.15, 0.2) is 0 Å². The van der Waals surface area contributed by atoms with Gasteiger partial charge in [0.25, 0.3) is 0 Å². The zero-order chi connectivity index (χ0) is 11.5. The Kier molecular flexibility index (Phi) is 3.64. The van der Waals surface area contributed by atoms with E-state index in [9.17, 15) is 0 Å². The van der Waals surface area contributed by atoms with Crippen LogP contribution in [0, 0.1) is 11.8 Å². The smallest absolute Gasteiger partial charge is 0.0534 e. The minimum Gasteiger partial charge on any atom is -0.310 e. The van der Waals surface area contributed by atoms with E-state index in [2.05, 4.69) is 30.5 Å². The number of rotatable bonds is 3. The van der Waals surface area contributed by atoms with Crippen molar-refractivity contribution < 1.29 is 0 Å². The monoisotopic (exact) mass is 221 g/mol. The summed E-state index contributed by atoms with van der Waals surface area (Å²) < 4.78 is 1.87. The molecule has 1 aromatic heterocycles. The quantitative estimate of drug-likeness (QED) is 0.849. The van der Waals surface area contributed by atoms with Crippen molar-refractivity contribution in [3.63, 3.8) is 0 Å². The molecule has 0 bridgehead atoms. The highest BCUT2D eigenvalue weighted by atomic mass is 15.2. The lowest BCUT2D eigenvalue weighted by Gasteiger charge is -2.33. The molecule has 3 heteroatoms. The maximum absolute atomic E-state index is 4.19. The van der Waals surface area contributed by atoms with E-state index in [4.69, 9.17) is 0 Å². The van der Waals surface area contributed by atoms with Crippen LogP contribution in [-0.2, 0) is 13.6 Å². The first-order valence-electron chi connectivity index (χ1n) is 6.36. The maximum atomic E-state index is 4.19. The van der Waals surface area contributed by atoms with E-state index in [1.807, 2.05) is 17.9 Å². The minimum absolute atomic E-state index is 0.684. The summed E-state index contributed by atoms with van der Waals surface area (Å²) in [5.41, 5.74) is 1.29. The van der Waals surface area contributed by atoms with E-state index >= 15 is 0 Å². The first kappa shape index (κ1) is 11.6. The Morgan fingerprint density at radius 2 is 2.25 bits per heavy atom. The predicted octanol–water partition coefficient (Wildman–Crippen LogP) is 2.33. The van der Waals surface area contributed by atoms with Gasteiger partial charge in [-0.25, -0.2) is 0 Å². The molecule has 0 amide bonds.